The predicted molar refractivity (Wildman–Crippen MR) is 76.5 cm³/mol. The van der Waals surface area contributed by atoms with Crippen LogP contribution in [0.4, 0.5) is 5.69 Å². The average Bonchev–Trinajstić information content (AvgIpc) is 2.58. The SMILES string of the molecule is Nc1ccc2c(c1)C(c1ccccc1)=NCC(=O)C2. The molecule has 0 saturated heterocycles. The smallest absolute Gasteiger partial charge is 0.158 e. The van der Waals surface area contributed by atoms with Crippen molar-refractivity contribution in [3.05, 3.63) is 65.2 Å². The summed E-state index contributed by atoms with van der Waals surface area (Å²) in [6.45, 7) is 0.235. The normalized spacial score (nSPS) is 14.5. The van der Waals surface area contributed by atoms with E-state index in [0.717, 1.165) is 22.4 Å². The second-order valence-electron chi connectivity index (χ2n) is 4.66. The minimum atomic E-state index is 0.136. The molecule has 0 radical (unpaired) electrons. The standard InChI is InChI=1S/C16H14N2O/c17-13-7-6-12-8-14(19)10-18-16(15(12)9-13)11-4-2-1-3-5-11/h1-7,9H,8,10,17H2. The summed E-state index contributed by atoms with van der Waals surface area (Å²) in [5.41, 5.74) is 10.4. The molecule has 19 heavy (non-hydrogen) atoms. The van der Waals surface area contributed by atoms with E-state index in [1.807, 2.05) is 48.5 Å². The van der Waals surface area contributed by atoms with Crippen molar-refractivity contribution in [3.63, 3.8) is 0 Å². The van der Waals surface area contributed by atoms with Gasteiger partial charge in [-0.05, 0) is 17.7 Å². The minimum absolute atomic E-state index is 0.136. The number of rotatable bonds is 1. The van der Waals surface area contributed by atoms with Gasteiger partial charge >= 0.3 is 0 Å². The van der Waals surface area contributed by atoms with Gasteiger partial charge in [-0.2, -0.15) is 0 Å². The Hall–Kier alpha value is -2.42. The topological polar surface area (TPSA) is 55.4 Å². The van der Waals surface area contributed by atoms with Crippen molar-refractivity contribution in [2.45, 2.75) is 6.42 Å². The molecule has 3 heteroatoms. The van der Waals surface area contributed by atoms with Crippen molar-refractivity contribution in [2.24, 2.45) is 4.99 Å². The summed E-state index contributed by atoms with van der Waals surface area (Å²) in [7, 11) is 0. The molecule has 0 atom stereocenters. The first kappa shape index (κ1) is 11.7. The summed E-state index contributed by atoms with van der Waals surface area (Å²) < 4.78 is 0. The van der Waals surface area contributed by atoms with Crippen molar-refractivity contribution in [1.29, 1.82) is 0 Å². The van der Waals surface area contributed by atoms with Crippen molar-refractivity contribution >= 4 is 17.2 Å². The van der Waals surface area contributed by atoms with Crippen molar-refractivity contribution in [1.82, 2.24) is 0 Å². The van der Waals surface area contributed by atoms with E-state index >= 15 is 0 Å². The highest BCUT2D eigenvalue weighted by Gasteiger charge is 2.18. The first-order chi connectivity index (χ1) is 9.24. The summed E-state index contributed by atoms with van der Waals surface area (Å²) in [6, 6.07) is 15.6. The molecule has 1 aliphatic heterocycles. The number of ketones is 1. The highest BCUT2D eigenvalue weighted by atomic mass is 16.1. The monoisotopic (exact) mass is 250 g/mol. The van der Waals surface area contributed by atoms with Crippen molar-refractivity contribution in [3.8, 4) is 0 Å². The van der Waals surface area contributed by atoms with Gasteiger partial charge in [0.1, 0.15) is 0 Å². The second kappa shape index (κ2) is 4.69. The largest absolute Gasteiger partial charge is 0.399 e. The fourth-order valence-corrected chi connectivity index (χ4v) is 2.33. The number of nitrogens with zero attached hydrogens (tertiary/aromatic N) is 1. The molecule has 0 bridgehead atoms. The van der Waals surface area contributed by atoms with Gasteiger partial charge in [-0.25, -0.2) is 0 Å². The maximum atomic E-state index is 11.8. The molecule has 2 aromatic carbocycles. The minimum Gasteiger partial charge on any atom is -0.399 e. The number of benzene rings is 2. The van der Waals surface area contributed by atoms with Crippen LogP contribution in [0.5, 0.6) is 0 Å². The predicted octanol–water partition coefficient (Wildman–Crippen LogP) is 2.23. The van der Waals surface area contributed by atoms with Gasteiger partial charge in [0.05, 0.1) is 12.3 Å². The van der Waals surface area contributed by atoms with Gasteiger partial charge in [-0.1, -0.05) is 36.4 Å². The molecule has 0 unspecified atom stereocenters. The van der Waals surface area contributed by atoms with Gasteiger partial charge < -0.3 is 5.73 Å². The van der Waals surface area contributed by atoms with Crippen LogP contribution in [0.25, 0.3) is 0 Å². The number of carbonyl (C=O) groups is 1. The van der Waals surface area contributed by atoms with Gasteiger partial charge in [-0.15, -0.1) is 0 Å². The summed E-state index contributed by atoms with van der Waals surface area (Å²) in [5, 5.41) is 0. The van der Waals surface area contributed by atoms with Crippen LogP contribution in [0.3, 0.4) is 0 Å². The third-order valence-corrected chi connectivity index (χ3v) is 3.24. The van der Waals surface area contributed by atoms with Crippen LogP contribution >= 0.6 is 0 Å². The van der Waals surface area contributed by atoms with Gasteiger partial charge in [0.15, 0.2) is 5.78 Å². The first-order valence-corrected chi connectivity index (χ1v) is 6.24. The molecule has 0 aromatic heterocycles. The molecule has 0 amide bonds. The number of nitrogen functional groups attached to an aromatic ring is 1. The first-order valence-electron chi connectivity index (χ1n) is 6.24. The van der Waals surface area contributed by atoms with E-state index in [9.17, 15) is 4.79 Å². The number of fused-ring (bicyclic) bond motifs is 1. The molecule has 0 fully saturated rings. The van der Waals surface area contributed by atoms with Crippen LogP contribution in [0.15, 0.2) is 53.5 Å². The molecule has 0 saturated carbocycles. The average molecular weight is 250 g/mol. The molecule has 94 valence electrons. The van der Waals surface area contributed by atoms with E-state index in [0.29, 0.717) is 12.1 Å². The summed E-state index contributed by atoms with van der Waals surface area (Å²) >= 11 is 0. The van der Waals surface area contributed by atoms with Crippen molar-refractivity contribution < 1.29 is 4.79 Å². The van der Waals surface area contributed by atoms with Gasteiger partial charge in [0, 0.05) is 23.2 Å². The zero-order valence-electron chi connectivity index (χ0n) is 10.5. The number of hydrogen-bond acceptors (Lipinski definition) is 3. The molecule has 3 rings (SSSR count). The van der Waals surface area contributed by atoms with Crippen LogP contribution in [0.1, 0.15) is 16.7 Å². The number of aliphatic imine (C=N–C) groups is 1. The zero-order valence-corrected chi connectivity index (χ0v) is 10.5. The maximum absolute atomic E-state index is 11.8. The highest BCUT2D eigenvalue weighted by Crippen LogP contribution is 2.21. The Balaban J connectivity index is 2.20. The lowest BCUT2D eigenvalue weighted by atomic mass is 9.95. The Labute approximate surface area is 111 Å². The number of hydrogen-bond donors (Lipinski definition) is 1. The fraction of sp³-hybridized carbons (Fsp3) is 0.125. The number of carbonyl (C=O) groups excluding carboxylic acids is 1. The Morgan fingerprint density at radius 1 is 1.05 bits per heavy atom. The lowest BCUT2D eigenvalue weighted by Gasteiger charge is -2.10. The molecule has 1 heterocycles. The lowest BCUT2D eigenvalue weighted by molar-refractivity contribution is -0.117. The van der Waals surface area contributed by atoms with Gasteiger partial charge in [0.2, 0.25) is 0 Å². The molecular weight excluding hydrogens is 236 g/mol. The molecule has 1 aliphatic rings. The third-order valence-electron chi connectivity index (χ3n) is 3.24. The Morgan fingerprint density at radius 3 is 2.63 bits per heavy atom. The Morgan fingerprint density at radius 2 is 1.84 bits per heavy atom. The molecule has 2 N–H and O–H groups in total. The van der Waals surface area contributed by atoms with Crippen molar-refractivity contribution in [2.75, 3.05) is 12.3 Å². The molecule has 0 spiro atoms. The Bertz CT molecular complexity index is 660. The van der Waals surface area contributed by atoms with Gasteiger partial charge in [-0.3, -0.25) is 9.79 Å². The van der Waals surface area contributed by atoms with E-state index in [-0.39, 0.29) is 12.3 Å². The van der Waals surface area contributed by atoms with E-state index in [1.165, 1.54) is 0 Å². The van der Waals surface area contributed by atoms with Crippen LogP contribution < -0.4 is 5.73 Å². The fourth-order valence-electron chi connectivity index (χ4n) is 2.33. The van der Waals surface area contributed by atoms with Crippen LogP contribution in [0.2, 0.25) is 0 Å². The second-order valence-corrected chi connectivity index (χ2v) is 4.66. The van der Waals surface area contributed by atoms with E-state index in [1.54, 1.807) is 0 Å². The van der Waals surface area contributed by atoms with Crippen LogP contribution in [-0.2, 0) is 11.2 Å². The highest BCUT2D eigenvalue weighted by molar-refractivity contribution is 6.16. The molecule has 3 nitrogen and oxygen atoms in total. The van der Waals surface area contributed by atoms with E-state index < -0.39 is 0 Å². The van der Waals surface area contributed by atoms with Crippen LogP contribution in [0, 0.1) is 0 Å². The summed E-state index contributed by atoms with van der Waals surface area (Å²) in [6.07, 6.45) is 0.426. The molecule has 0 aliphatic carbocycles. The van der Waals surface area contributed by atoms with E-state index in [4.69, 9.17) is 5.73 Å². The lowest BCUT2D eigenvalue weighted by Crippen LogP contribution is -2.06. The number of nitrogens with two attached hydrogens (primary N) is 1. The number of anilines is 1. The van der Waals surface area contributed by atoms with E-state index in [2.05, 4.69) is 4.99 Å². The summed E-state index contributed by atoms with van der Waals surface area (Å²) in [4.78, 5) is 16.2. The summed E-state index contributed by atoms with van der Waals surface area (Å²) in [5.74, 6) is 0.136. The molecule has 2 aromatic rings. The van der Waals surface area contributed by atoms with Crippen LogP contribution in [-0.4, -0.2) is 18.0 Å². The zero-order chi connectivity index (χ0) is 13.2. The maximum Gasteiger partial charge on any atom is 0.158 e. The number of Topliss-reactive ketones (excluding diaryl/α,β-unsaturated/α-hetero) is 1. The molecular formula is C16H14N2O. The van der Waals surface area contributed by atoms with Gasteiger partial charge in [0.25, 0.3) is 0 Å². The Kier molecular flexibility index (Phi) is 2.88. The quantitative estimate of drug-likeness (QED) is 0.789. The third kappa shape index (κ3) is 2.27.